The normalized spacial score (nSPS) is 32.6. The standard InChI is InChI=1S/C15H31N/c1-11(2)7-8-16-10-13(5)15(12(3)4)9-14(16)6/h11-15H,7-10H2,1-6H3/t13-,14+,15?/m1/s1. The Balaban J connectivity index is 2.46. The van der Waals surface area contributed by atoms with Gasteiger partial charge < -0.3 is 4.90 Å². The van der Waals surface area contributed by atoms with Gasteiger partial charge in [-0.1, -0.05) is 34.6 Å². The van der Waals surface area contributed by atoms with E-state index in [0.717, 1.165) is 29.7 Å². The van der Waals surface area contributed by atoms with Crippen LogP contribution in [0.5, 0.6) is 0 Å². The molecule has 1 rings (SSSR count). The van der Waals surface area contributed by atoms with Gasteiger partial charge in [0.15, 0.2) is 0 Å². The Morgan fingerprint density at radius 2 is 1.75 bits per heavy atom. The number of nitrogens with zero attached hydrogens (tertiary/aromatic N) is 1. The zero-order valence-electron chi connectivity index (χ0n) is 12.2. The Hall–Kier alpha value is -0.0400. The lowest BCUT2D eigenvalue weighted by Gasteiger charge is -2.43. The second-order valence-electron chi connectivity index (χ2n) is 6.65. The monoisotopic (exact) mass is 225 g/mol. The Kier molecular flexibility index (Phi) is 5.30. The first-order valence-corrected chi connectivity index (χ1v) is 7.15. The minimum absolute atomic E-state index is 0.794. The molecule has 1 heterocycles. The van der Waals surface area contributed by atoms with E-state index in [1.54, 1.807) is 0 Å². The molecule has 1 aliphatic rings. The third-order valence-electron chi connectivity index (χ3n) is 4.34. The van der Waals surface area contributed by atoms with Crippen molar-refractivity contribution in [1.82, 2.24) is 4.90 Å². The Morgan fingerprint density at radius 3 is 2.25 bits per heavy atom. The molecule has 1 fully saturated rings. The summed E-state index contributed by atoms with van der Waals surface area (Å²) >= 11 is 0. The van der Waals surface area contributed by atoms with Crippen LogP contribution in [-0.2, 0) is 0 Å². The summed E-state index contributed by atoms with van der Waals surface area (Å²) in [6, 6.07) is 0.794. The fourth-order valence-corrected chi connectivity index (χ4v) is 3.13. The van der Waals surface area contributed by atoms with Crippen LogP contribution >= 0.6 is 0 Å². The summed E-state index contributed by atoms with van der Waals surface area (Å²) in [5.74, 6) is 3.50. The topological polar surface area (TPSA) is 3.24 Å². The smallest absolute Gasteiger partial charge is 0.00698 e. The Morgan fingerprint density at radius 1 is 1.12 bits per heavy atom. The van der Waals surface area contributed by atoms with E-state index < -0.39 is 0 Å². The van der Waals surface area contributed by atoms with Gasteiger partial charge >= 0.3 is 0 Å². The molecule has 0 saturated carbocycles. The number of piperidine rings is 1. The first kappa shape index (κ1) is 14.0. The maximum absolute atomic E-state index is 2.71. The maximum atomic E-state index is 2.71. The molecule has 16 heavy (non-hydrogen) atoms. The fourth-order valence-electron chi connectivity index (χ4n) is 3.13. The Labute approximate surface area is 103 Å². The van der Waals surface area contributed by atoms with E-state index in [0.29, 0.717) is 0 Å². The molecule has 96 valence electrons. The molecule has 0 aromatic rings. The third kappa shape index (κ3) is 3.76. The largest absolute Gasteiger partial charge is 0.300 e. The molecule has 0 N–H and O–H groups in total. The molecule has 0 aromatic heterocycles. The van der Waals surface area contributed by atoms with E-state index in [1.165, 1.54) is 25.9 Å². The van der Waals surface area contributed by atoms with Crippen molar-refractivity contribution in [3.05, 3.63) is 0 Å². The number of rotatable bonds is 4. The lowest BCUT2D eigenvalue weighted by atomic mass is 9.76. The predicted octanol–water partition coefficient (Wildman–Crippen LogP) is 4.04. The molecule has 1 unspecified atom stereocenters. The number of hydrogen-bond acceptors (Lipinski definition) is 1. The third-order valence-corrected chi connectivity index (χ3v) is 4.34. The quantitative estimate of drug-likeness (QED) is 0.698. The van der Waals surface area contributed by atoms with Crippen LogP contribution in [0.25, 0.3) is 0 Å². The van der Waals surface area contributed by atoms with Gasteiger partial charge in [-0.2, -0.15) is 0 Å². The van der Waals surface area contributed by atoms with Gasteiger partial charge in [0.1, 0.15) is 0 Å². The van der Waals surface area contributed by atoms with E-state index in [1.807, 2.05) is 0 Å². The summed E-state index contributed by atoms with van der Waals surface area (Å²) in [5.41, 5.74) is 0. The molecule has 0 spiro atoms. The van der Waals surface area contributed by atoms with Crippen molar-refractivity contribution in [2.45, 2.75) is 60.4 Å². The van der Waals surface area contributed by atoms with Gasteiger partial charge in [0.25, 0.3) is 0 Å². The summed E-state index contributed by atoms with van der Waals surface area (Å²) < 4.78 is 0. The van der Waals surface area contributed by atoms with Crippen LogP contribution in [0.4, 0.5) is 0 Å². The summed E-state index contributed by atoms with van der Waals surface area (Å²) in [6.07, 6.45) is 2.75. The molecule has 0 aliphatic carbocycles. The molecular weight excluding hydrogens is 194 g/mol. The van der Waals surface area contributed by atoms with Gasteiger partial charge in [-0.15, -0.1) is 0 Å². The minimum atomic E-state index is 0.794. The number of likely N-dealkylation sites (tertiary alicyclic amines) is 1. The second kappa shape index (κ2) is 6.05. The highest BCUT2D eigenvalue weighted by atomic mass is 15.2. The van der Waals surface area contributed by atoms with Crippen molar-refractivity contribution in [3.8, 4) is 0 Å². The lowest BCUT2D eigenvalue weighted by molar-refractivity contribution is 0.0541. The van der Waals surface area contributed by atoms with Crippen LogP contribution in [0.2, 0.25) is 0 Å². The van der Waals surface area contributed by atoms with E-state index in [2.05, 4.69) is 46.4 Å². The van der Waals surface area contributed by atoms with Gasteiger partial charge in [-0.3, -0.25) is 0 Å². The second-order valence-corrected chi connectivity index (χ2v) is 6.65. The molecular formula is C15H31N. The molecule has 1 heteroatoms. The van der Waals surface area contributed by atoms with Crippen molar-refractivity contribution in [3.63, 3.8) is 0 Å². The maximum Gasteiger partial charge on any atom is 0.00698 e. The van der Waals surface area contributed by atoms with Crippen LogP contribution in [0.15, 0.2) is 0 Å². The van der Waals surface area contributed by atoms with Crippen molar-refractivity contribution in [1.29, 1.82) is 0 Å². The van der Waals surface area contributed by atoms with Crippen LogP contribution in [0.3, 0.4) is 0 Å². The molecule has 1 nitrogen and oxygen atoms in total. The van der Waals surface area contributed by atoms with Crippen molar-refractivity contribution in [2.24, 2.45) is 23.7 Å². The summed E-state index contributed by atoms with van der Waals surface area (Å²) in [7, 11) is 0. The first-order valence-electron chi connectivity index (χ1n) is 7.15. The highest BCUT2D eigenvalue weighted by Crippen LogP contribution is 2.33. The lowest BCUT2D eigenvalue weighted by Crippen LogP contribution is -2.46. The van der Waals surface area contributed by atoms with E-state index in [4.69, 9.17) is 0 Å². The van der Waals surface area contributed by atoms with Crippen molar-refractivity contribution >= 4 is 0 Å². The van der Waals surface area contributed by atoms with Gasteiger partial charge in [-0.05, 0) is 50.0 Å². The summed E-state index contributed by atoms with van der Waals surface area (Å²) in [6.45, 7) is 16.9. The molecule has 1 aliphatic heterocycles. The summed E-state index contributed by atoms with van der Waals surface area (Å²) in [5, 5.41) is 0. The van der Waals surface area contributed by atoms with Crippen molar-refractivity contribution < 1.29 is 0 Å². The van der Waals surface area contributed by atoms with Gasteiger partial charge in [0.05, 0.1) is 0 Å². The highest BCUT2D eigenvalue weighted by Gasteiger charge is 2.32. The van der Waals surface area contributed by atoms with Crippen LogP contribution < -0.4 is 0 Å². The SMILES string of the molecule is CC(C)CCN1C[C@@H](C)C(C(C)C)C[C@@H]1C. The molecule has 0 radical (unpaired) electrons. The summed E-state index contributed by atoms with van der Waals surface area (Å²) in [4.78, 5) is 2.71. The molecule has 0 aromatic carbocycles. The van der Waals surface area contributed by atoms with Gasteiger partial charge in [0, 0.05) is 12.6 Å². The zero-order valence-corrected chi connectivity index (χ0v) is 12.2. The van der Waals surface area contributed by atoms with Gasteiger partial charge in [0.2, 0.25) is 0 Å². The van der Waals surface area contributed by atoms with Crippen LogP contribution in [0.1, 0.15) is 54.4 Å². The van der Waals surface area contributed by atoms with Crippen molar-refractivity contribution in [2.75, 3.05) is 13.1 Å². The average Bonchev–Trinajstić information content (AvgIpc) is 2.18. The highest BCUT2D eigenvalue weighted by molar-refractivity contribution is 4.84. The predicted molar refractivity (Wildman–Crippen MR) is 72.6 cm³/mol. The molecule has 0 amide bonds. The zero-order chi connectivity index (χ0) is 12.3. The average molecular weight is 225 g/mol. The van der Waals surface area contributed by atoms with E-state index >= 15 is 0 Å². The van der Waals surface area contributed by atoms with E-state index in [9.17, 15) is 0 Å². The molecule has 1 saturated heterocycles. The first-order chi connectivity index (χ1) is 7.41. The van der Waals surface area contributed by atoms with E-state index in [-0.39, 0.29) is 0 Å². The minimum Gasteiger partial charge on any atom is -0.300 e. The Bertz CT molecular complexity index is 198. The molecule has 3 atom stereocenters. The van der Waals surface area contributed by atoms with Crippen LogP contribution in [-0.4, -0.2) is 24.0 Å². The van der Waals surface area contributed by atoms with Gasteiger partial charge in [-0.25, -0.2) is 0 Å². The molecule has 0 bridgehead atoms. The fraction of sp³-hybridized carbons (Fsp3) is 1.00. The van der Waals surface area contributed by atoms with Crippen LogP contribution in [0, 0.1) is 23.7 Å². The number of hydrogen-bond donors (Lipinski definition) is 0.